The molecular weight excluding hydrogens is 179 g/mol. The Labute approximate surface area is 60.3 Å². The predicted octanol–water partition coefficient (Wildman–Crippen LogP) is -2.50. The molecule has 59 valence electrons. The average Bonchev–Trinajstić information content (AvgIpc) is 1.36. The molecule has 0 amide bonds. The van der Waals surface area contributed by atoms with E-state index in [1.807, 2.05) is 0 Å². The van der Waals surface area contributed by atoms with Crippen molar-refractivity contribution >= 4 is 11.9 Å². The van der Waals surface area contributed by atoms with Crippen molar-refractivity contribution in [3.63, 3.8) is 0 Å². The van der Waals surface area contributed by atoms with Crippen molar-refractivity contribution in [3.05, 3.63) is 0 Å². The minimum absolute atomic E-state index is 0. The Morgan fingerprint density at radius 2 is 1.00 bits per heavy atom. The first kappa shape index (κ1) is 23.8. The van der Waals surface area contributed by atoms with Crippen LogP contribution in [0.4, 0.5) is 0 Å². The molecule has 0 rings (SSSR count). The van der Waals surface area contributed by atoms with Crippen molar-refractivity contribution < 1.29 is 47.5 Å². The topological polar surface area (TPSA) is 138 Å². The molecule has 6 N–H and O–H groups in total. The van der Waals surface area contributed by atoms with Gasteiger partial charge in [-0.1, -0.05) is 0 Å². The van der Waals surface area contributed by atoms with Crippen LogP contribution in [0, 0.1) is 0 Å². The standard InChI is InChI=1S/C2H2O4.Co.2H2O/c3-1(4)2(5)6;;;/h(H,3,4)(H,5,6);;2*1H2. The Morgan fingerprint density at radius 1 is 0.889 bits per heavy atom. The molecule has 0 unspecified atom stereocenters. The monoisotopic (exact) mass is 185 g/mol. The summed E-state index contributed by atoms with van der Waals surface area (Å²) in [4.78, 5) is 18.2. The summed E-state index contributed by atoms with van der Waals surface area (Å²) in [6, 6.07) is 0. The average molecular weight is 185 g/mol. The second-order valence-electron chi connectivity index (χ2n) is 0.610. The van der Waals surface area contributed by atoms with Crippen LogP contribution in [0.2, 0.25) is 0 Å². The molecule has 7 heteroatoms. The van der Waals surface area contributed by atoms with Crippen molar-refractivity contribution in [2.45, 2.75) is 0 Å². The Hall–Kier alpha value is -0.634. The summed E-state index contributed by atoms with van der Waals surface area (Å²) >= 11 is 0. The van der Waals surface area contributed by atoms with Crippen molar-refractivity contribution in [1.82, 2.24) is 0 Å². The van der Waals surface area contributed by atoms with Gasteiger partial charge in [0.1, 0.15) is 0 Å². The normalized spacial score (nSPS) is 4.89. The summed E-state index contributed by atoms with van der Waals surface area (Å²) in [7, 11) is 0. The van der Waals surface area contributed by atoms with Crippen LogP contribution in [0.1, 0.15) is 0 Å². The minimum Gasteiger partial charge on any atom is -0.473 e. The zero-order chi connectivity index (χ0) is 5.15. The van der Waals surface area contributed by atoms with Gasteiger partial charge in [0.2, 0.25) is 0 Å². The van der Waals surface area contributed by atoms with E-state index in [0.29, 0.717) is 0 Å². The fourth-order valence-electron chi connectivity index (χ4n) is 0. The molecule has 0 saturated carbocycles. The van der Waals surface area contributed by atoms with E-state index in [2.05, 4.69) is 0 Å². The van der Waals surface area contributed by atoms with Gasteiger partial charge in [-0.2, -0.15) is 0 Å². The fourth-order valence-corrected chi connectivity index (χ4v) is 0. The van der Waals surface area contributed by atoms with Gasteiger partial charge < -0.3 is 21.2 Å². The van der Waals surface area contributed by atoms with Gasteiger partial charge in [-0.3, -0.25) is 0 Å². The van der Waals surface area contributed by atoms with Crippen molar-refractivity contribution in [2.75, 3.05) is 0 Å². The van der Waals surface area contributed by atoms with Gasteiger partial charge in [0.25, 0.3) is 0 Å². The van der Waals surface area contributed by atoms with Crippen LogP contribution in [0.25, 0.3) is 0 Å². The third-order valence-electron chi connectivity index (χ3n) is 0.183. The molecule has 0 aliphatic carbocycles. The summed E-state index contributed by atoms with van der Waals surface area (Å²) in [5.74, 6) is -3.65. The van der Waals surface area contributed by atoms with Crippen LogP contribution in [0.3, 0.4) is 0 Å². The second-order valence-corrected chi connectivity index (χ2v) is 0.610. The molecule has 0 bridgehead atoms. The maximum Gasteiger partial charge on any atom is 0.414 e. The fraction of sp³-hybridized carbons (Fsp3) is 0. The van der Waals surface area contributed by atoms with E-state index in [1.165, 1.54) is 0 Å². The van der Waals surface area contributed by atoms with Crippen LogP contribution in [0.15, 0.2) is 0 Å². The molecule has 0 atom stereocenters. The van der Waals surface area contributed by atoms with E-state index in [0.717, 1.165) is 0 Å². The molecule has 0 aromatic rings. The van der Waals surface area contributed by atoms with Crippen LogP contribution < -0.4 is 0 Å². The molecule has 9 heavy (non-hydrogen) atoms. The molecule has 0 aromatic carbocycles. The quantitative estimate of drug-likeness (QED) is 0.402. The van der Waals surface area contributed by atoms with E-state index in [-0.39, 0.29) is 27.7 Å². The maximum atomic E-state index is 9.10. The van der Waals surface area contributed by atoms with Gasteiger partial charge in [0, 0.05) is 16.8 Å². The summed E-state index contributed by atoms with van der Waals surface area (Å²) < 4.78 is 0. The van der Waals surface area contributed by atoms with Crippen LogP contribution in [-0.2, 0) is 26.4 Å². The summed E-state index contributed by atoms with van der Waals surface area (Å²) in [5, 5.41) is 14.8. The third kappa shape index (κ3) is 18.7. The number of carboxylic acid groups (broad SMARTS) is 2. The number of hydrogen-bond donors (Lipinski definition) is 2. The molecule has 1 radical (unpaired) electrons. The molecule has 0 fully saturated rings. The number of carbonyl (C=O) groups is 2. The number of carboxylic acids is 2. The van der Waals surface area contributed by atoms with Crippen LogP contribution in [-0.4, -0.2) is 33.1 Å². The predicted molar refractivity (Wildman–Crippen MR) is 22.5 cm³/mol. The van der Waals surface area contributed by atoms with E-state index in [9.17, 15) is 0 Å². The first-order valence-electron chi connectivity index (χ1n) is 1.11. The van der Waals surface area contributed by atoms with Gasteiger partial charge >= 0.3 is 11.9 Å². The Kier molecular flexibility index (Phi) is 27.4. The van der Waals surface area contributed by atoms with Gasteiger partial charge in [0.15, 0.2) is 0 Å². The third-order valence-corrected chi connectivity index (χ3v) is 0.183. The van der Waals surface area contributed by atoms with Crippen molar-refractivity contribution in [3.8, 4) is 0 Å². The number of aliphatic carboxylic acids is 2. The second kappa shape index (κ2) is 10.4. The van der Waals surface area contributed by atoms with Crippen LogP contribution >= 0.6 is 0 Å². The molecule has 0 aliphatic rings. The zero-order valence-electron chi connectivity index (χ0n) is 4.04. The van der Waals surface area contributed by atoms with Crippen molar-refractivity contribution in [2.24, 2.45) is 0 Å². The summed E-state index contributed by atoms with van der Waals surface area (Å²) in [6.45, 7) is 0. The largest absolute Gasteiger partial charge is 0.473 e. The number of rotatable bonds is 0. The summed E-state index contributed by atoms with van der Waals surface area (Å²) in [6.07, 6.45) is 0. The zero-order valence-corrected chi connectivity index (χ0v) is 5.09. The smallest absolute Gasteiger partial charge is 0.414 e. The van der Waals surface area contributed by atoms with E-state index < -0.39 is 11.9 Å². The molecule has 0 aromatic heterocycles. The molecule has 0 heterocycles. The molecule has 6 nitrogen and oxygen atoms in total. The Bertz CT molecular complexity index is 77.1. The summed E-state index contributed by atoms with van der Waals surface area (Å²) in [5.41, 5.74) is 0. The minimum atomic E-state index is -1.82. The molecule has 0 spiro atoms. The molecular formula is C2H6CoO6. The Balaban J connectivity index is -0.0000000417. The van der Waals surface area contributed by atoms with Gasteiger partial charge in [0.05, 0.1) is 0 Å². The molecule has 0 saturated heterocycles. The van der Waals surface area contributed by atoms with Gasteiger partial charge in [-0.25, -0.2) is 9.59 Å². The van der Waals surface area contributed by atoms with Gasteiger partial charge in [-0.15, -0.1) is 0 Å². The van der Waals surface area contributed by atoms with Crippen LogP contribution in [0.5, 0.6) is 0 Å². The van der Waals surface area contributed by atoms with E-state index in [1.54, 1.807) is 0 Å². The SMILES string of the molecule is O.O.O=C(O)C(=O)O.[Co]. The van der Waals surface area contributed by atoms with E-state index in [4.69, 9.17) is 19.8 Å². The number of hydrogen-bond acceptors (Lipinski definition) is 2. The van der Waals surface area contributed by atoms with Crippen molar-refractivity contribution in [1.29, 1.82) is 0 Å². The first-order chi connectivity index (χ1) is 2.64. The first-order valence-corrected chi connectivity index (χ1v) is 1.11. The van der Waals surface area contributed by atoms with E-state index >= 15 is 0 Å². The molecule has 0 aliphatic heterocycles. The van der Waals surface area contributed by atoms with Gasteiger partial charge in [-0.05, 0) is 0 Å². The maximum absolute atomic E-state index is 9.10. The Morgan fingerprint density at radius 3 is 1.00 bits per heavy atom.